The van der Waals surface area contributed by atoms with Gasteiger partial charge in [0.15, 0.2) is 9.84 Å². The number of benzene rings is 3. The molecule has 37 heavy (non-hydrogen) atoms. The number of hydrogen-bond donors (Lipinski definition) is 1. The van der Waals surface area contributed by atoms with E-state index in [1.165, 1.54) is 32.1 Å². The van der Waals surface area contributed by atoms with Crippen LogP contribution in [0.1, 0.15) is 41.8 Å². The van der Waals surface area contributed by atoms with E-state index >= 15 is 0 Å². The first-order chi connectivity index (χ1) is 17.7. The molecule has 0 radical (unpaired) electrons. The molecule has 0 fully saturated rings. The van der Waals surface area contributed by atoms with Gasteiger partial charge < -0.3 is 5.32 Å². The maximum Gasteiger partial charge on any atom is 0.252 e. The Morgan fingerprint density at radius 1 is 0.838 bits per heavy atom. The molecule has 0 bridgehead atoms. The quantitative estimate of drug-likeness (QED) is 0.431. The van der Waals surface area contributed by atoms with Crippen molar-refractivity contribution in [1.82, 2.24) is 10.2 Å². The molecule has 0 unspecified atom stereocenters. The number of nitrogens with one attached hydrogen (secondary N) is 1. The van der Waals surface area contributed by atoms with Crippen molar-refractivity contribution in [2.24, 2.45) is 0 Å². The molecule has 0 spiro atoms. The summed E-state index contributed by atoms with van der Waals surface area (Å²) in [5.41, 5.74) is 1.87. The lowest BCUT2D eigenvalue weighted by Gasteiger charge is -2.20. The monoisotopic (exact) mass is 518 g/mol. The predicted molar refractivity (Wildman–Crippen MR) is 142 cm³/mol. The SMILES string of the molecule is CC(=O)N(Cc1ccccc1C(=O)N[C@H](/C=C/S(=O)(=O)c1ccccc1)CCc1ccccc1)C(C)=O. The molecule has 8 heteroatoms. The fourth-order valence-corrected chi connectivity index (χ4v) is 4.90. The molecule has 7 nitrogen and oxygen atoms in total. The van der Waals surface area contributed by atoms with Gasteiger partial charge in [-0.15, -0.1) is 0 Å². The van der Waals surface area contributed by atoms with Crippen LogP contribution in [0, 0.1) is 0 Å². The van der Waals surface area contributed by atoms with Crippen LogP contribution in [0.3, 0.4) is 0 Å². The Morgan fingerprint density at radius 2 is 1.41 bits per heavy atom. The van der Waals surface area contributed by atoms with Gasteiger partial charge in [-0.25, -0.2) is 8.42 Å². The summed E-state index contributed by atoms with van der Waals surface area (Å²) >= 11 is 0. The van der Waals surface area contributed by atoms with Gasteiger partial charge in [0.05, 0.1) is 11.4 Å². The number of rotatable bonds is 10. The summed E-state index contributed by atoms with van der Waals surface area (Å²) in [6.45, 7) is 2.55. The molecular formula is C29H30N2O5S. The van der Waals surface area contributed by atoms with E-state index < -0.39 is 33.6 Å². The van der Waals surface area contributed by atoms with E-state index in [9.17, 15) is 22.8 Å². The van der Waals surface area contributed by atoms with Crippen LogP contribution in [-0.2, 0) is 32.4 Å². The Hall–Kier alpha value is -4.04. The Morgan fingerprint density at radius 3 is 2.03 bits per heavy atom. The average molecular weight is 519 g/mol. The number of sulfone groups is 1. The van der Waals surface area contributed by atoms with Crippen molar-refractivity contribution in [3.05, 3.63) is 113 Å². The van der Waals surface area contributed by atoms with Gasteiger partial charge in [-0.1, -0.05) is 72.8 Å². The Bertz CT molecular complexity index is 1360. The second kappa shape index (κ2) is 12.8. The van der Waals surface area contributed by atoms with Crippen molar-refractivity contribution in [1.29, 1.82) is 0 Å². The minimum absolute atomic E-state index is 0.0405. The van der Waals surface area contributed by atoms with Crippen LogP contribution in [0.2, 0.25) is 0 Å². The zero-order chi connectivity index (χ0) is 26.8. The number of carbonyl (C=O) groups is 3. The number of amides is 3. The minimum Gasteiger partial charge on any atom is -0.346 e. The summed E-state index contributed by atoms with van der Waals surface area (Å²) in [4.78, 5) is 38.4. The molecule has 1 N–H and O–H groups in total. The largest absolute Gasteiger partial charge is 0.346 e. The summed E-state index contributed by atoms with van der Waals surface area (Å²) in [7, 11) is -3.70. The lowest BCUT2D eigenvalue weighted by molar-refractivity contribution is -0.142. The highest BCUT2D eigenvalue weighted by Crippen LogP contribution is 2.16. The molecule has 0 aliphatic heterocycles. The molecular weight excluding hydrogens is 488 g/mol. The maximum absolute atomic E-state index is 13.3. The molecule has 0 saturated heterocycles. The smallest absolute Gasteiger partial charge is 0.252 e. The van der Waals surface area contributed by atoms with Crippen LogP contribution in [-0.4, -0.2) is 37.1 Å². The van der Waals surface area contributed by atoms with Gasteiger partial charge in [0.2, 0.25) is 11.8 Å². The van der Waals surface area contributed by atoms with Crippen molar-refractivity contribution < 1.29 is 22.8 Å². The summed E-state index contributed by atoms with van der Waals surface area (Å²) in [6.07, 6.45) is 2.57. The van der Waals surface area contributed by atoms with Crippen LogP contribution in [0.25, 0.3) is 0 Å². The third-order valence-electron chi connectivity index (χ3n) is 5.82. The van der Waals surface area contributed by atoms with Crippen molar-refractivity contribution in [2.45, 2.75) is 44.2 Å². The Labute approximate surface area is 217 Å². The van der Waals surface area contributed by atoms with E-state index in [-0.39, 0.29) is 11.4 Å². The van der Waals surface area contributed by atoms with Crippen LogP contribution < -0.4 is 5.32 Å². The van der Waals surface area contributed by atoms with Crippen molar-refractivity contribution >= 4 is 27.6 Å². The fourth-order valence-electron chi connectivity index (χ4n) is 3.81. The highest BCUT2D eigenvalue weighted by molar-refractivity contribution is 7.94. The predicted octanol–water partition coefficient (Wildman–Crippen LogP) is 4.30. The number of nitrogens with zero attached hydrogens (tertiary/aromatic N) is 1. The van der Waals surface area contributed by atoms with Crippen molar-refractivity contribution in [3.63, 3.8) is 0 Å². The third-order valence-corrected chi connectivity index (χ3v) is 7.26. The van der Waals surface area contributed by atoms with Gasteiger partial charge in [-0.05, 0) is 42.2 Å². The second-order valence-electron chi connectivity index (χ2n) is 8.57. The summed E-state index contributed by atoms with van der Waals surface area (Å²) in [5, 5.41) is 4.04. The zero-order valence-corrected chi connectivity index (χ0v) is 21.6. The van der Waals surface area contributed by atoms with E-state index in [0.29, 0.717) is 24.0 Å². The first kappa shape index (κ1) is 27.5. The van der Waals surface area contributed by atoms with Gasteiger partial charge in [-0.3, -0.25) is 19.3 Å². The molecule has 0 aliphatic rings. The molecule has 3 aromatic rings. The number of hydrogen-bond acceptors (Lipinski definition) is 5. The first-order valence-electron chi connectivity index (χ1n) is 11.9. The van der Waals surface area contributed by atoms with Gasteiger partial charge in [0.1, 0.15) is 0 Å². The fraction of sp³-hybridized carbons (Fsp3) is 0.207. The topological polar surface area (TPSA) is 101 Å². The number of imide groups is 1. The molecule has 3 amide bonds. The maximum atomic E-state index is 13.3. The number of aryl methyl sites for hydroxylation is 1. The molecule has 1 atom stereocenters. The lowest BCUT2D eigenvalue weighted by Crippen LogP contribution is -2.36. The molecule has 192 valence electrons. The van der Waals surface area contributed by atoms with Crippen LogP contribution in [0.15, 0.2) is 101 Å². The lowest BCUT2D eigenvalue weighted by atomic mass is 10.0. The van der Waals surface area contributed by atoms with Crippen LogP contribution in [0.5, 0.6) is 0 Å². The van der Waals surface area contributed by atoms with E-state index in [1.807, 2.05) is 30.3 Å². The average Bonchev–Trinajstić information content (AvgIpc) is 2.89. The highest BCUT2D eigenvalue weighted by atomic mass is 32.2. The molecule has 0 aromatic heterocycles. The summed E-state index contributed by atoms with van der Waals surface area (Å²) in [5.74, 6) is -1.27. The summed E-state index contributed by atoms with van der Waals surface area (Å²) < 4.78 is 25.6. The second-order valence-corrected chi connectivity index (χ2v) is 10.4. The Kier molecular flexibility index (Phi) is 9.51. The normalized spacial score (nSPS) is 12.2. The van der Waals surface area contributed by atoms with Crippen LogP contribution in [0.4, 0.5) is 0 Å². The minimum atomic E-state index is -3.70. The molecule has 3 rings (SSSR count). The standard InChI is InChI=1S/C29H30N2O5S/c1-22(32)31(23(2)33)21-25-13-9-10-16-28(25)29(34)30-26(18-17-24-11-5-3-6-12-24)19-20-37(35,36)27-14-7-4-8-15-27/h3-16,19-20,26H,17-18,21H2,1-2H3,(H,30,34)/b20-19+/t26-/m0/s1. The third kappa shape index (κ3) is 7.98. The van der Waals surface area contributed by atoms with Gasteiger partial charge in [-0.2, -0.15) is 0 Å². The van der Waals surface area contributed by atoms with Gasteiger partial charge >= 0.3 is 0 Å². The Balaban J connectivity index is 1.85. The van der Waals surface area contributed by atoms with E-state index in [4.69, 9.17) is 0 Å². The molecule has 0 saturated carbocycles. The van der Waals surface area contributed by atoms with Gasteiger partial charge in [0, 0.05) is 30.9 Å². The van der Waals surface area contributed by atoms with Crippen molar-refractivity contribution in [2.75, 3.05) is 0 Å². The van der Waals surface area contributed by atoms with Gasteiger partial charge in [0.25, 0.3) is 5.91 Å². The summed E-state index contributed by atoms with van der Waals surface area (Å²) in [6, 6.07) is 23.9. The van der Waals surface area contributed by atoms with E-state index in [2.05, 4.69) is 5.32 Å². The molecule has 0 heterocycles. The van der Waals surface area contributed by atoms with Crippen molar-refractivity contribution in [3.8, 4) is 0 Å². The van der Waals surface area contributed by atoms with E-state index in [0.717, 1.165) is 15.9 Å². The first-order valence-corrected chi connectivity index (χ1v) is 13.4. The van der Waals surface area contributed by atoms with E-state index in [1.54, 1.807) is 42.5 Å². The highest BCUT2D eigenvalue weighted by Gasteiger charge is 2.20. The molecule has 3 aromatic carbocycles. The zero-order valence-electron chi connectivity index (χ0n) is 20.8. The van der Waals surface area contributed by atoms with Crippen LogP contribution >= 0.6 is 0 Å². The molecule has 0 aliphatic carbocycles. The number of carbonyl (C=O) groups excluding carboxylic acids is 3.